The SMILES string of the molecule is COc1ccc(/C=C(\C#N)C(=O)Nc2ccc(C)cc2C)c(OCc2ccccc2)c1. The van der Waals surface area contributed by atoms with Crippen molar-refractivity contribution in [3.05, 3.63) is 94.6 Å². The number of rotatable bonds is 7. The first kappa shape index (κ1) is 21.7. The largest absolute Gasteiger partial charge is 0.497 e. The first-order valence-electron chi connectivity index (χ1n) is 9.85. The van der Waals surface area contributed by atoms with Gasteiger partial charge in [0.15, 0.2) is 0 Å². The number of hydrogen-bond donors (Lipinski definition) is 1. The van der Waals surface area contributed by atoms with E-state index in [0.29, 0.717) is 29.4 Å². The third-order valence-electron chi connectivity index (χ3n) is 4.75. The van der Waals surface area contributed by atoms with Gasteiger partial charge in [-0.2, -0.15) is 5.26 Å². The highest BCUT2D eigenvalue weighted by Gasteiger charge is 2.13. The van der Waals surface area contributed by atoms with Gasteiger partial charge in [0.2, 0.25) is 0 Å². The van der Waals surface area contributed by atoms with Gasteiger partial charge in [-0.15, -0.1) is 0 Å². The van der Waals surface area contributed by atoms with Crippen LogP contribution in [0.25, 0.3) is 6.08 Å². The number of carbonyl (C=O) groups is 1. The number of methoxy groups -OCH3 is 1. The Balaban J connectivity index is 1.86. The molecule has 5 nitrogen and oxygen atoms in total. The molecule has 0 aliphatic heterocycles. The molecule has 0 spiro atoms. The Hall–Kier alpha value is -4.04. The highest BCUT2D eigenvalue weighted by Crippen LogP contribution is 2.28. The van der Waals surface area contributed by atoms with Crippen LogP contribution in [0, 0.1) is 25.2 Å². The third-order valence-corrected chi connectivity index (χ3v) is 4.75. The van der Waals surface area contributed by atoms with Crippen LogP contribution in [0.5, 0.6) is 11.5 Å². The molecule has 0 aromatic heterocycles. The van der Waals surface area contributed by atoms with Crippen LogP contribution in [0.2, 0.25) is 0 Å². The lowest BCUT2D eigenvalue weighted by molar-refractivity contribution is -0.112. The molecule has 3 aromatic carbocycles. The molecule has 0 aliphatic carbocycles. The van der Waals surface area contributed by atoms with Crippen LogP contribution < -0.4 is 14.8 Å². The average Bonchev–Trinajstić information content (AvgIpc) is 2.78. The van der Waals surface area contributed by atoms with Crippen LogP contribution in [0.15, 0.2) is 72.3 Å². The lowest BCUT2D eigenvalue weighted by Gasteiger charge is -2.12. The molecule has 0 saturated carbocycles. The van der Waals surface area contributed by atoms with Crippen LogP contribution in [0.3, 0.4) is 0 Å². The summed E-state index contributed by atoms with van der Waals surface area (Å²) in [6.07, 6.45) is 1.53. The van der Waals surface area contributed by atoms with Gasteiger partial charge in [0.1, 0.15) is 29.7 Å². The first-order valence-corrected chi connectivity index (χ1v) is 9.85. The van der Waals surface area contributed by atoms with Gasteiger partial charge in [0.25, 0.3) is 5.91 Å². The Labute approximate surface area is 182 Å². The molecule has 0 heterocycles. The zero-order chi connectivity index (χ0) is 22.2. The normalized spacial score (nSPS) is 10.8. The number of nitrogens with zero attached hydrogens (tertiary/aromatic N) is 1. The van der Waals surface area contributed by atoms with Gasteiger partial charge < -0.3 is 14.8 Å². The molecule has 3 rings (SSSR count). The predicted octanol–water partition coefficient (Wildman–Crippen LogP) is 5.44. The highest BCUT2D eigenvalue weighted by molar-refractivity contribution is 6.10. The molecule has 0 aliphatic rings. The molecule has 3 aromatic rings. The van der Waals surface area contributed by atoms with E-state index in [4.69, 9.17) is 9.47 Å². The molecular weight excluding hydrogens is 388 g/mol. The van der Waals surface area contributed by atoms with Crippen molar-refractivity contribution in [3.63, 3.8) is 0 Å². The van der Waals surface area contributed by atoms with Crippen molar-refractivity contribution in [2.24, 2.45) is 0 Å². The first-order chi connectivity index (χ1) is 15.0. The van der Waals surface area contributed by atoms with Crippen LogP contribution in [-0.4, -0.2) is 13.0 Å². The maximum absolute atomic E-state index is 12.7. The quantitative estimate of drug-likeness (QED) is 0.414. The van der Waals surface area contributed by atoms with Gasteiger partial charge >= 0.3 is 0 Å². The van der Waals surface area contributed by atoms with E-state index >= 15 is 0 Å². The van der Waals surface area contributed by atoms with Gasteiger partial charge in [-0.3, -0.25) is 4.79 Å². The molecule has 156 valence electrons. The van der Waals surface area contributed by atoms with E-state index in [0.717, 1.165) is 16.7 Å². The number of nitrogens with one attached hydrogen (secondary N) is 1. The van der Waals surface area contributed by atoms with E-state index in [1.54, 1.807) is 25.3 Å². The molecule has 0 atom stereocenters. The fourth-order valence-corrected chi connectivity index (χ4v) is 3.07. The summed E-state index contributed by atoms with van der Waals surface area (Å²) in [4.78, 5) is 12.7. The molecule has 31 heavy (non-hydrogen) atoms. The second-order valence-electron chi connectivity index (χ2n) is 7.12. The Kier molecular flexibility index (Phi) is 7.08. The summed E-state index contributed by atoms with van der Waals surface area (Å²) in [6.45, 7) is 4.25. The molecule has 0 unspecified atom stereocenters. The van der Waals surface area contributed by atoms with E-state index in [2.05, 4.69) is 5.32 Å². The summed E-state index contributed by atoms with van der Waals surface area (Å²) in [7, 11) is 1.57. The van der Waals surface area contributed by atoms with Gasteiger partial charge in [0, 0.05) is 17.3 Å². The van der Waals surface area contributed by atoms with Crippen molar-refractivity contribution in [2.75, 3.05) is 12.4 Å². The summed E-state index contributed by atoms with van der Waals surface area (Å²) in [6, 6.07) is 22.7. The number of benzene rings is 3. The van der Waals surface area contributed by atoms with Crippen molar-refractivity contribution in [1.29, 1.82) is 5.26 Å². The van der Waals surface area contributed by atoms with Crippen molar-refractivity contribution in [2.45, 2.75) is 20.5 Å². The fourth-order valence-electron chi connectivity index (χ4n) is 3.07. The number of carbonyl (C=O) groups excluding carboxylic acids is 1. The van der Waals surface area contributed by atoms with Gasteiger partial charge in [-0.25, -0.2) is 0 Å². The second kappa shape index (κ2) is 10.1. The minimum absolute atomic E-state index is 0.0188. The Bertz CT molecular complexity index is 1150. The molecule has 0 saturated heterocycles. The summed E-state index contributed by atoms with van der Waals surface area (Å²) in [5.74, 6) is 0.674. The minimum Gasteiger partial charge on any atom is -0.497 e. The number of nitriles is 1. The highest BCUT2D eigenvalue weighted by atomic mass is 16.5. The molecule has 1 amide bonds. The predicted molar refractivity (Wildman–Crippen MR) is 122 cm³/mol. The minimum atomic E-state index is -0.473. The van der Waals surface area contributed by atoms with Crippen molar-refractivity contribution < 1.29 is 14.3 Å². The summed E-state index contributed by atoms with van der Waals surface area (Å²) >= 11 is 0. The molecule has 1 N–H and O–H groups in total. The molecule has 0 radical (unpaired) electrons. The zero-order valence-electron chi connectivity index (χ0n) is 17.8. The van der Waals surface area contributed by atoms with Crippen LogP contribution in [-0.2, 0) is 11.4 Å². The number of hydrogen-bond acceptors (Lipinski definition) is 4. The number of amides is 1. The van der Waals surface area contributed by atoms with Crippen LogP contribution >= 0.6 is 0 Å². The monoisotopic (exact) mass is 412 g/mol. The molecule has 0 bridgehead atoms. The van der Waals surface area contributed by atoms with Gasteiger partial charge in [0.05, 0.1) is 7.11 Å². The van der Waals surface area contributed by atoms with Crippen molar-refractivity contribution >= 4 is 17.7 Å². The number of aryl methyl sites for hydroxylation is 2. The third kappa shape index (κ3) is 5.74. The van der Waals surface area contributed by atoms with Crippen LogP contribution in [0.4, 0.5) is 5.69 Å². The van der Waals surface area contributed by atoms with E-state index in [-0.39, 0.29) is 5.57 Å². The smallest absolute Gasteiger partial charge is 0.266 e. The Morgan fingerprint density at radius 3 is 2.52 bits per heavy atom. The van der Waals surface area contributed by atoms with Crippen molar-refractivity contribution in [1.82, 2.24) is 0 Å². The lowest BCUT2D eigenvalue weighted by Crippen LogP contribution is -2.14. The average molecular weight is 412 g/mol. The summed E-state index contributed by atoms with van der Waals surface area (Å²) in [5, 5.41) is 12.4. The van der Waals surface area contributed by atoms with E-state index < -0.39 is 5.91 Å². The van der Waals surface area contributed by atoms with Crippen LogP contribution in [0.1, 0.15) is 22.3 Å². The Morgan fingerprint density at radius 1 is 1.06 bits per heavy atom. The molecular formula is C26H24N2O3. The molecule has 0 fully saturated rings. The fraction of sp³-hybridized carbons (Fsp3) is 0.154. The number of anilines is 1. The lowest BCUT2D eigenvalue weighted by atomic mass is 10.1. The zero-order valence-corrected chi connectivity index (χ0v) is 17.8. The van der Waals surface area contributed by atoms with E-state index in [1.807, 2.05) is 68.4 Å². The summed E-state index contributed by atoms with van der Waals surface area (Å²) < 4.78 is 11.3. The Morgan fingerprint density at radius 2 is 1.84 bits per heavy atom. The van der Waals surface area contributed by atoms with Crippen molar-refractivity contribution in [3.8, 4) is 17.6 Å². The van der Waals surface area contributed by atoms with Gasteiger partial charge in [-0.05, 0) is 49.2 Å². The second-order valence-corrected chi connectivity index (χ2v) is 7.12. The number of ether oxygens (including phenoxy) is 2. The summed E-state index contributed by atoms with van der Waals surface area (Å²) in [5.41, 5.74) is 4.31. The van der Waals surface area contributed by atoms with E-state index in [9.17, 15) is 10.1 Å². The standard InChI is InChI=1S/C26H24N2O3/c1-18-9-12-24(19(2)13-18)28-26(29)22(16-27)14-21-10-11-23(30-3)15-25(21)31-17-20-7-5-4-6-8-20/h4-15H,17H2,1-3H3,(H,28,29)/b22-14+. The maximum Gasteiger partial charge on any atom is 0.266 e. The van der Waals surface area contributed by atoms with E-state index in [1.165, 1.54) is 6.08 Å². The molecule has 5 heteroatoms. The topological polar surface area (TPSA) is 71.3 Å². The van der Waals surface area contributed by atoms with Gasteiger partial charge in [-0.1, -0.05) is 48.0 Å². The maximum atomic E-state index is 12.7.